The number of imidazole rings is 1. The van der Waals surface area contributed by atoms with Gasteiger partial charge in [-0.05, 0) is 13.1 Å². The van der Waals surface area contributed by atoms with Gasteiger partial charge in [-0.2, -0.15) is 0 Å². The Morgan fingerprint density at radius 1 is 1.47 bits per heavy atom. The van der Waals surface area contributed by atoms with E-state index < -0.39 is 0 Å². The van der Waals surface area contributed by atoms with Crippen molar-refractivity contribution in [2.45, 2.75) is 13.0 Å². The summed E-state index contributed by atoms with van der Waals surface area (Å²) in [7, 11) is 2.08. The van der Waals surface area contributed by atoms with Crippen molar-refractivity contribution in [3.8, 4) is 0 Å². The maximum Gasteiger partial charge on any atom is 0.140 e. The number of likely N-dealkylation sites (N-methyl/N-ethyl adjacent to an activating group) is 1. The molecule has 3 rings (SSSR count). The second-order valence-corrected chi connectivity index (χ2v) is 4.07. The smallest absolute Gasteiger partial charge is 0.140 e. The summed E-state index contributed by atoms with van der Waals surface area (Å²) in [5.74, 6) is -0.224. The van der Waals surface area contributed by atoms with Crippen molar-refractivity contribution >= 4 is 5.65 Å². The fraction of sp³-hybridized carbons (Fsp3) is 0.364. The highest BCUT2D eigenvalue weighted by Gasteiger charge is 2.18. The summed E-state index contributed by atoms with van der Waals surface area (Å²) in [5, 5.41) is 0. The van der Waals surface area contributed by atoms with Gasteiger partial charge in [-0.3, -0.25) is 0 Å². The molecule has 3 nitrogen and oxygen atoms in total. The van der Waals surface area contributed by atoms with E-state index in [1.807, 2.05) is 4.40 Å². The van der Waals surface area contributed by atoms with Crippen LogP contribution in [0.3, 0.4) is 0 Å². The maximum atomic E-state index is 13.0. The van der Waals surface area contributed by atoms with Crippen LogP contribution in [-0.4, -0.2) is 27.9 Å². The van der Waals surface area contributed by atoms with E-state index in [9.17, 15) is 4.39 Å². The van der Waals surface area contributed by atoms with Crippen molar-refractivity contribution in [3.63, 3.8) is 0 Å². The number of rotatable bonds is 0. The Morgan fingerprint density at radius 3 is 3.20 bits per heavy atom. The molecule has 0 saturated heterocycles. The molecule has 0 unspecified atom stereocenters. The molecule has 78 valence electrons. The lowest BCUT2D eigenvalue weighted by atomic mass is 10.1. The summed E-state index contributed by atoms with van der Waals surface area (Å²) in [5.41, 5.74) is 3.02. The van der Waals surface area contributed by atoms with Crippen LogP contribution >= 0.6 is 0 Å². The summed E-state index contributed by atoms with van der Waals surface area (Å²) in [6.07, 6.45) is 2.75. The summed E-state index contributed by atoms with van der Waals surface area (Å²) in [6, 6.07) is 2.96. The molecule has 0 aliphatic carbocycles. The molecule has 0 spiro atoms. The summed E-state index contributed by atoms with van der Waals surface area (Å²) < 4.78 is 15.0. The predicted octanol–water partition coefficient (Wildman–Crippen LogP) is 1.46. The fourth-order valence-electron chi connectivity index (χ4n) is 2.14. The molecular weight excluding hydrogens is 193 g/mol. The molecule has 0 atom stereocenters. The van der Waals surface area contributed by atoms with Gasteiger partial charge >= 0.3 is 0 Å². The maximum absolute atomic E-state index is 13.0. The fourth-order valence-corrected chi connectivity index (χ4v) is 2.14. The predicted molar refractivity (Wildman–Crippen MR) is 55.2 cm³/mol. The second-order valence-electron chi connectivity index (χ2n) is 4.07. The quantitative estimate of drug-likeness (QED) is 0.649. The van der Waals surface area contributed by atoms with Crippen molar-refractivity contribution in [1.29, 1.82) is 0 Å². The van der Waals surface area contributed by atoms with Crippen LogP contribution < -0.4 is 0 Å². The topological polar surface area (TPSA) is 20.5 Å². The molecule has 0 saturated carbocycles. The SMILES string of the molecule is CN1CCc2c(nc3cc(F)ccn23)C1. The van der Waals surface area contributed by atoms with E-state index in [1.165, 1.54) is 17.8 Å². The number of pyridine rings is 1. The molecule has 4 heteroatoms. The van der Waals surface area contributed by atoms with Crippen molar-refractivity contribution < 1.29 is 4.39 Å². The molecule has 3 heterocycles. The minimum Gasteiger partial charge on any atom is -0.304 e. The van der Waals surface area contributed by atoms with E-state index in [-0.39, 0.29) is 5.82 Å². The molecule has 0 radical (unpaired) electrons. The number of fused-ring (bicyclic) bond motifs is 3. The monoisotopic (exact) mass is 205 g/mol. The Morgan fingerprint density at radius 2 is 2.33 bits per heavy atom. The summed E-state index contributed by atoms with van der Waals surface area (Å²) in [4.78, 5) is 6.67. The van der Waals surface area contributed by atoms with Crippen LogP contribution in [0, 0.1) is 5.82 Å². The van der Waals surface area contributed by atoms with Crippen LogP contribution in [-0.2, 0) is 13.0 Å². The van der Waals surface area contributed by atoms with Gasteiger partial charge in [0.25, 0.3) is 0 Å². The number of aromatic nitrogens is 2. The first-order chi connectivity index (χ1) is 7.24. The number of hydrogen-bond donors (Lipinski definition) is 0. The van der Waals surface area contributed by atoms with Crippen LogP contribution in [0.2, 0.25) is 0 Å². The summed E-state index contributed by atoms with van der Waals surface area (Å²) >= 11 is 0. The number of nitrogens with zero attached hydrogens (tertiary/aromatic N) is 3. The highest BCUT2D eigenvalue weighted by atomic mass is 19.1. The Hall–Kier alpha value is -1.42. The van der Waals surface area contributed by atoms with Gasteiger partial charge in [0.05, 0.1) is 5.69 Å². The highest BCUT2D eigenvalue weighted by Crippen LogP contribution is 2.19. The van der Waals surface area contributed by atoms with E-state index in [0.717, 1.165) is 30.9 Å². The van der Waals surface area contributed by atoms with Crippen LogP contribution in [0.25, 0.3) is 5.65 Å². The van der Waals surface area contributed by atoms with E-state index in [1.54, 1.807) is 6.20 Å². The molecule has 0 bridgehead atoms. The normalized spacial score (nSPS) is 16.9. The molecule has 2 aromatic heterocycles. The van der Waals surface area contributed by atoms with Gasteiger partial charge in [0.2, 0.25) is 0 Å². The van der Waals surface area contributed by atoms with E-state index in [0.29, 0.717) is 0 Å². The Bertz CT molecular complexity index is 518. The van der Waals surface area contributed by atoms with Crippen molar-refractivity contribution in [2.75, 3.05) is 13.6 Å². The van der Waals surface area contributed by atoms with Gasteiger partial charge in [-0.1, -0.05) is 0 Å². The number of hydrogen-bond acceptors (Lipinski definition) is 2. The lowest BCUT2D eigenvalue weighted by molar-refractivity contribution is 0.307. The average molecular weight is 205 g/mol. The molecule has 0 aromatic carbocycles. The first-order valence-corrected chi connectivity index (χ1v) is 5.08. The zero-order valence-corrected chi connectivity index (χ0v) is 8.57. The number of halogens is 1. The van der Waals surface area contributed by atoms with Gasteiger partial charge < -0.3 is 9.30 Å². The molecular formula is C11H12FN3. The average Bonchev–Trinajstić information content (AvgIpc) is 2.53. The zero-order chi connectivity index (χ0) is 10.4. The van der Waals surface area contributed by atoms with Crippen molar-refractivity contribution in [3.05, 3.63) is 35.5 Å². The minimum absolute atomic E-state index is 0.224. The molecule has 0 fully saturated rings. The zero-order valence-electron chi connectivity index (χ0n) is 8.57. The molecule has 15 heavy (non-hydrogen) atoms. The van der Waals surface area contributed by atoms with Crippen LogP contribution in [0.4, 0.5) is 4.39 Å². The lowest BCUT2D eigenvalue weighted by Crippen LogP contribution is -2.26. The van der Waals surface area contributed by atoms with Gasteiger partial charge in [0, 0.05) is 37.5 Å². The third-order valence-electron chi connectivity index (χ3n) is 2.92. The highest BCUT2D eigenvalue weighted by molar-refractivity contribution is 5.44. The first-order valence-electron chi connectivity index (χ1n) is 5.08. The molecule has 0 N–H and O–H groups in total. The van der Waals surface area contributed by atoms with E-state index >= 15 is 0 Å². The Kier molecular flexibility index (Phi) is 1.79. The van der Waals surface area contributed by atoms with Gasteiger partial charge in [-0.15, -0.1) is 0 Å². The second kappa shape index (κ2) is 3.03. The van der Waals surface area contributed by atoms with E-state index in [2.05, 4.69) is 16.9 Å². The van der Waals surface area contributed by atoms with Crippen molar-refractivity contribution in [1.82, 2.24) is 14.3 Å². The Balaban J connectivity index is 2.23. The van der Waals surface area contributed by atoms with Crippen LogP contribution in [0.15, 0.2) is 18.3 Å². The third kappa shape index (κ3) is 1.33. The van der Waals surface area contributed by atoms with E-state index in [4.69, 9.17) is 0 Å². The van der Waals surface area contributed by atoms with Crippen LogP contribution in [0.5, 0.6) is 0 Å². The Labute approximate surface area is 87.1 Å². The minimum atomic E-state index is -0.224. The van der Waals surface area contributed by atoms with Crippen molar-refractivity contribution in [2.24, 2.45) is 0 Å². The molecule has 2 aromatic rings. The van der Waals surface area contributed by atoms with Gasteiger partial charge in [0.1, 0.15) is 11.5 Å². The third-order valence-corrected chi connectivity index (χ3v) is 2.92. The molecule has 0 amide bonds. The first kappa shape index (κ1) is 8.85. The van der Waals surface area contributed by atoms with Crippen LogP contribution in [0.1, 0.15) is 11.4 Å². The standard InChI is InChI=1S/C11H12FN3/c1-14-4-3-10-9(7-14)13-11-6-8(12)2-5-15(10)11/h2,5-6H,3-4,7H2,1H3. The van der Waals surface area contributed by atoms with Gasteiger partial charge in [-0.25, -0.2) is 9.37 Å². The molecule has 1 aliphatic rings. The molecule has 1 aliphatic heterocycles. The summed E-state index contributed by atoms with van der Waals surface area (Å²) in [6.45, 7) is 1.90. The van der Waals surface area contributed by atoms with Gasteiger partial charge in [0.15, 0.2) is 0 Å². The lowest BCUT2D eigenvalue weighted by Gasteiger charge is -2.21. The largest absolute Gasteiger partial charge is 0.304 e.